The number of aromatic nitrogens is 2. The Balaban J connectivity index is 1.11. The Hall–Kier alpha value is -3.07. The molecule has 8 heteroatoms. The van der Waals surface area contributed by atoms with Gasteiger partial charge in [-0.05, 0) is 34.9 Å². The van der Waals surface area contributed by atoms with E-state index in [0.717, 1.165) is 67.5 Å². The number of rotatable bonds is 5. The van der Waals surface area contributed by atoms with Crippen LogP contribution in [0.5, 0.6) is 5.75 Å². The Kier molecular flexibility index (Phi) is 5.64. The summed E-state index contributed by atoms with van der Waals surface area (Å²) >= 11 is 1.45. The van der Waals surface area contributed by atoms with Gasteiger partial charge in [0.1, 0.15) is 22.2 Å². The van der Waals surface area contributed by atoms with Crippen LogP contribution in [0.15, 0.2) is 52.6 Å². The highest BCUT2D eigenvalue weighted by atomic mass is 32.1. The molecule has 0 bridgehead atoms. The fourth-order valence-corrected chi connectivity index (χ4v) is 5.79. The highest BCUT2D eigenvalue weighted by molar-refractivity contribution is 7.17. The lowest BCUT2D eigenvalue weighted by atomic mass is 10.1. The minimum absolute atomic E-state index is 0.139. The van der Waals surface area contributed by atoms with Crippen molar-refractivity contribution in [2.75, 3.05) is 32.8 Å². The molecule has 0 amide bonds. The maximum Gasteiger partial charge on any atom is 0.260 e. The van der Waals surface area contributed by atoms with Gasteiger partial charge < -0.3 is 9.72 Å². The van der Waals surface area contributed by atoms with Gasteiger partial charge in [0.25, 0.3) is 5.56 Å². The van der Waals surface area contributed by atoms with E-state index in [9.17, 15) is 9.18 Å². The van der Waals surface area contributed by atoms with Gasteiger partial charge in [-0.25, -0.2) is 9.37 Å². The number of nitrogens with one attached hydrogen (secondary N) is 1. The highest BCUT2D eigenvalue weighted by Crippen LogP contribution is 2.31. The Morgan fingerprint density at radius 2 is 1.79 bits per heavy atom. The lowest BCUT2D eigenvalue weighted by molar-refractivity contribution is 0.120. The van der Waals surface area contributed by atoms with E-state index in [0.29, 0.717) is 17.8 Å². The molecule has 2 aromatic heterocycles. The maximum atomic E-state index is 13.3. The zero-order valence-electron chi connectivity index (χ0n) is 18.7. The van der Waals surface area contributed by atoms with Crippen molar-refractivity contribution in [3.63, 3.8) is 0 Å². The van der Waals surface area contributed by atoms with Gasteiger partial charge in [0, 0.05) is 50.1 Å². The average Bonchev–Trinajstić information content (AvgIpc) is 3.48. The number of H-pyrrole nitrogens is 1. The number of benzene rings is 2. The third-order valence-electron chi connectivity index (χ3n) is 6.65. The number of piperazine rings is 1. The quantitative estimate of drug-likeness (QED) is 0.471. The molecule has 174 valence electrons. The molecule has 2 aliphatic rings. The van der Waals surface area contributed by atoms with Gasteiger partial charge in [-0.15, -0.1) is 11.3 Å². The summed E-state index contributed by atoms with van der Waals surface area (Å²) in [5.41, 5.74) is 4.13. The van der Waals surface area contributed by atoms with Crippen LogP contribution in [0.3, 0.4) is 0 Å². The average molecular weight is 477 g/mol. The first-order chi connectivity index (χ1) is 16.6. The standard InChI is InChI=1S/C26H25FN4O2S/c27-20-4-2-18(3-5-20)21-16-34-26-24(21)25(32)28-23(29-26)15-31-10-8-30(9-11-31)14-17-1-6-22-19(13-17)7-12-33-22/h1-6,13,16H,7-12,14-15H2,(H,28,29,32). The monoisotopic (exact) mass is 476 g/mol. The van der Waals surface area contributed by atoms with Crippen molar-refractivity contribution in [2.45, 2.75) is 19.5 Å². The van der Waals surface area contributed by atoms with Crippen molar-refractivity contribution in [2.24, 2.45) is 0 Å². The van der Waals surface area contributed by atoms with E-state index in [1.807, 2.05) is 5.38 Å². The van der Waals surface area contributed by atoms with Crippen LogP contribution in [0.25, 0.3) is 21.3 Å². The Morgan fingerprint density at radius 1 is 1.03 bits per heavy atom. The van der Waals surface area contributed by atoms with Crippen LogP contribution in [0.4, 0.5) is 4.39 Å². The predicted molar refractivity (Wildman–Crippen MR) is 132 cm³/mol. The molecule has 34 heavy (non-hydrogen) atoms. The van der Waals surface area contributed by atoms with Crippen LogP contribution >= 0.6 is 11.3 Å². The second-order valence-electron chi connectivity index (χ2n) is 8.94. The van der Waals surface area contributed by atoms with E-state index < -0.39 is 0 Å². The summed E-state index contributed by atoms with van der Waals surface area (Å²) in [5, 5.41) is 2.50. The summed E-state index contributed by atoms with van der Waals surface area (Å²) in [6.45, 7) is 6.19. The maximum absolute atomic E-state index is 13.3. The van der Waals surface area contributed by atoms with Gasteiger partial charge in [-0.1, -0.05) is 24.3 Å². The molecule has 0 aliphatic carbocycles. The zero-order chi connectivity index (χ0) is 23.1. The molecule has 1 fully saturated rings. The molecular weight excluding hydrogens is 451 g/mol. The number of halogens is 1. The molecular formula is C26H25FN4O2S. The molecule has 0 unspecified atom stereocenters. The fraction of sp³-hybridized carbons (Fsp3) is 0.308. The van der Waals surface area contributed by atoms with E-state index in [2.05, 4.69) is 33.0 Å². The second-order valence-corrected chi connectivity index (χ2v) is 9.80. The van der Waals surface area contributed by atoms with Crippen LogP contribution in [0, 0.1) is 5.82 Å². The van der Waals surface area contributed by atoms with Crippen molar-refractivity contribution < 1.29 is 9.13 Å². The molecule has 6 rings (SSSR count). The highest BCUT2D eigenvalue weighted by Gasteiger charge is 2.20. The topological polar surface area (TPSA) is 61.5 Å². The summed E-state index contributed by atoms with van der Waals surface area (Å²) < 4.78 is 18.9. The molecule has 0 radical (unpaired) electrons. The number of nitrogens with zero attached hydrogens (tertiary/aromatic N) is 3. The first kappa shape index (κ1) is 21.5. The Labute approximate surface area is 200 Å². The lowest BCUT2D eigenvalue weighted by Gasteiger charge is -2.34. The summed E-state index contributed by atoms with van der Waals surface area (Å²) in [6.07, 6.45) is 1.00. The molecule has 0 atom stereocenters. The van der Waals surface area contributed by atoms with Crippen LogP contribution in [0.1, 0.15) is 17.0 Å². The SMILES string of the molecule is O=c1[nH]c(CN2CCN(Cc3ccc4c(c3)CCO4)CC2)nc2scc(-c3ccc(F)cc3)c12. The Morgan fingerprint density at radius 3 is 2.59 bits per heavy atom. The number of fused-ring (bicyclic) bond motifs is 2. The predicted octanol–water partition coefficient (Wildman–Crippen LogP) is 4.04. The van der Waals surface area contributed by atoms with E-state index in [-0.39, 0.29) is 11.4 Å². The van der Waals surface area contributed by atoms with Gasteiger partial charge in [0.05, 0.1) is 18.5 Å². The van der Waals surface area contributed by atoms with Crippen molar-refractivity contribution in [3.8, 4) is 16.9 Å². The molecule has 0 spiro atoms. The van der Waals surface area contributed by atoms with E-state index in [4.69, 9.17) is 9.72 Å². The van der Waals surface area contributed by atoms with Crippen molar-refractivity contribution in [3.05, 3.63) is 81.0 Å². The van der Waals surface area contributed by atoms with Crippen molar-refractivity contribution in [1.29, 1.82) is 0 Å². The molecule has 4 aromatic rings. The smallest absolute Gasteiger partial charge is 0.260 e. The molecule has 2 aliphatic heterocycles. The third kappa shape index (κ3) is 4.24. The largest absolute Gasteiger partial charge is 0.493 e. The summed E-state index contributed by atoms with van der Waals surface area (Å²) in [4.78, 5) is 26.1. The summed E-state index contributed by atoms with van der Waals surface area (Å²) in [6, 6.07) is 12.8. The number of ether oxygens (including phenoxy) is 1. The molecule has 0 saturated carbocycles. The lowest BCUT2D eigenvalue weighted by Crippen LogP contribution is -2.45. The fourth-order valence-electron chi connectivity index (χ4n) is 4.82. The van der Waals surface area contributed by atoms with Gasteiger partial charge in [-0.2, -0.15) is 0 Å². The van der Waals surface area contributed by atoms with Crippen LogP contribution in [-0.4, -0.2) is 52.6 Å². The Bertz CT molecular complexity index is 1390. The van der Waals surface area contributed by atoms with Gasteiger partial charge in [0.15, 0.2) is 0 Å². The molecule has 1 N–H and O–H groups in total. The first-order valence-corrected chi connectivity index (χ1v) is 12.5. The van der Waals surface area contributed by atoms with E-state index in [1.165, 1.54) is 34.6 Å². The van der Waals surface area contributed by atoms with Crippen molar-refractivity contribution in [1.82, 2.24) is 19.8 Å². The van der Waals surface area contributed by atoms with E-state index >= 15 is 0 Å². The molecule has 2 aromatic carbocycles. The summed E-state index contributed by atoms with van der Waals surface area (Å²) in [5.74, 6) is 1.43. The van der Waals surface area contributed by atoms with Crippen molar-refractivity contribution >= 4 is 21.6 Å². The van der Waals surface area contributed by atoms with Crippen LogP contribution in [0.2, 0.25) is 0 Å². The minimum atomic E-state index is -0.292. The number of aromatic amines is 1. The van der Waals surface area contributed by atoms with Gasteiger partial charge in [0.2, 0.25) is 0 Å². The third-order valence-corrected chi connectivity index (χ3v) is 7.52. The van der Waals surface area contributed by atoms with Crippen LogP contribution < -0.4 is 10.3 Å². The van der Waals surface area contributed by atoms with Crippen LogP contribution in [-0.2, 0) is 19.5 Å². The second kappa shape index (κ2) is 8.94. The van der Waals surface area contributed by atoms with Gasteiger partial charge >= 0.3 is 0 Å². The molecule has 6 nitrogen and oxygen atoms in total. The normalized spacial score (nSPS) is 16.6. The number of hydrogen-bond donors (Lipinski definition) is 1. The molecule has 1 saturated heterocycles. The zero-order valence-corrected chi connectivity index (χ0v) is 19.5. The first-order valence-electron chi connectivity index (χ1n) is 11.6. The molecule has 4 heterocycles. The summed E-state index contributed by atoms with van der Waals surface area (Å²) in [7, 11) is 0. The van der Waals surface area contributed by atoms with Gasteiger partial charge in [-0.3, -0.25) is 14.6 Å². The minimum Gasteiger partial charge on any atom is -0.493 e. The van der Waals surface area contributed by atoms with E-state index in [1.54, 1.807) is 12.1 Å². The number of hydrogen-bond acceptors (Lipinski definition) is 6. The number of thiophene rings is 1.